The van der Waals surface area contributed by atoms with Gasteiger partial charge in [0.05, 0.1) is 17.7 Å². The van der Waals surface area contributed by atoms with Gasteiger partial charge in [-0.25, -0.2) is 8.42 Å². The second kappa shape index (κ2) is 9.59. The highest BCUT2D eigenvalue weighted by atomic mass is 32.2. The van der Waals surface area contributed by atoms with Crippen molar-refractivity contribution in [2.75, 3.05) is 11.8 Å². The maximum Gasteiger partial charge on any atom is 0.262 e. The normalized spacial score (nSPS) is 12.5. The van der Waals surface area contributed by atoms with Gasteiger partial charge in [0.2, 0.25) is 0 Å². The molecule has 0 heterocycles. The lowest BCUT2D eigenvalue weighted by molar-refractivity contribution is 0.0937. The molecule has 0 radical (unpaired) electrons. The molecule has 152 valence electrons. The predicted octanol–water partition coefficient (Wildman–Crippen LogP) is 4.05. The molecule has 6 nitrogen and oxygen atoms in total. The number of nitrogens with one attached hydrogen (secondary N) is 2. The number of rotatable bonds is 9. The molecular weight excluding hydrogens is 376 g/mol. The van der Waals surface area contributed by atoms with Gasteiger partial charge in [0.1, 0.15) is 5.75 Å². The number of hydrogen-bond donors (Lipinski definition) is 2. The number of carbonyl (C=O) groups excluding carboxylic acids is 1. The summed E-state index contributed by atoms with van der Waals surface area (Å²) >= 11 is 0. The van der Waals surface area contributed by atoms with Gasteiger partial charge in [-0.15, -0.1) is 0 Å². The molecule has 1 unspecified atom stereocenters. The molecule has 0 saturated carbocycles. The summed E-state index contributed by atoms with van der Waals surface area (Å²) < 4.78 is 33.2. The topological polar surface area (TPSA) is 84.5 Å². The molecule has 0 saturated heterocycles. The van der Waals surface area contributed by atoms with Crippen LogP contribution in [0.25, 0.3) is 0 Å². The first kappa shape index (κ1) is 21.8. The van der Waals surface area contributed by atoms with E-state index in [1.807, 2.05) is 6.92 Å². The van der Waals surface area contributed by atoms with Crippen molar-refractivity contribution in [1.82, 2.24) is 5.32 Å². The number of benzene rings is 2. The Morgan fingerprint density at radius 2 is 1.75 bits per heavy atom. The molecule has 0 aromatic heterocycles. The third kappa shape index (κ3) is 5.99. The number of hydrogen-bond acceptors (Lipinski definition) is 4. The standard InChI is InChI=1S/C21H28N2O4S/c1-15(2)12-13-16(3)22-21(24)17-8-7-9-18(14-17)28(25,26)23-19-10-5-6-11-20(19)27-4/h5-11,14-16,23H,12-13H2,1-4H3,(H,22,24). The van der Waals surface area contributed by atoms with Crippen LogP contribution in [-0.4, -0.2) is 27.5 Å². The number of sulfonamides is 1. The van der Waals surface area contributed by atoms with E-state index < -0.39 is 10.0 Å². The van der Waals surface area contributed by atoms with E-state index in [0.717, 1.165) is 12.8 Å². The van der Waals surface area contributed by atoms with Gasteiger partial charge in [-0.3, -0.25) is 9.52 Å². The van der Waals surface area contributed by atoms with Crippen LogP contribution in [0.2, 0.25) is 0 Å². The molecule has 1 amide bonds. The van der Waals surface area contributed by atoms with Crippen molar-refractivity contribution in [2.45, 2.75) is 44.6 Å². The van der Waals surface area contributed by atoms with Crippen LogP contribution in [0.5, 0.6) is 5.75 Å². The van der Waals surface area contributed by atoms with Crippen molar-refractivity contribution in [2.24, 2.45) is 5.92 Å². The molecule has 7 heteroatoms. The van der Waals surface area contributed by atoms with E-state index in [-0.39, 0.29) is 16.8 Å². The van der Waals surface area contributed by atoms with Crippen LogP contribution < -0.4 is 14.8 Å². The molecule has 0 fully saturated rings. The Bertz CT molecular complexity index is 910. The Kier molecular flexibility index (Phi) is 7.45. The van der Waals surface area contributed by atoms with Crippen molar-refractivity contribution in [3.05, 3.63) is 54.1 Å². The number of para-hydroxylation sites is 2. The third-order valence-electron chi connectivity index (χ3n) is 4.31. The first-order valence-electron chi connectivity index (χ1n) is 9.29. The Morgan fingerprint density at radius 3 is 2.43 bits per heavy atom. The number of carbonyl (C=O) groups is 1. The fourth-order valence-electron chi connectivity index (χ4n) is 2.70. The number of methoxy groups -OCH3 is 1. The van der Waals surface area contributed by atoms with Crippen molar-refractivity contribution in [3.63, 3.8) is 0 Å². The lowest BCUT2D eigenvalue weighted by atomic mass is 10.0. The highest BCUT2D eigenvalue weighted by molar-refractivity contribution is 7.92. The summed E-state index contributed by atoms with van der Waals surface area (Å²) in [4.78, 5) is 12.5. The third-order valence-corrected chi connectivity index (χ3v) is 5.68. The molecule has 2 rings (SSSR count). The summed E-state index contributed by atoms with van der Waals surface area (Å²) in [6.45, 7) is 6.22. The van der Waals surface area contributed by atoms with Crippen molar-refractivity contribution in [3.8, 4) is 5.75 Å². The van der Waals surface area contributed by atoms with E-state index in [9.17, 15) is 13.2 Å². The molecule has 0 spiro atoms. The molecule has 0 bridgehead atoms. The van der Waals surface area contributed by atoms with Gasteiger partial charge in [0, 0.05) is 11.6 Å². The van der Waals surface area contributed by atoms with Gasteiger partial charge < -0.3 is 10.1 Å². The molecule has 2 aromatic rings. The lowest BCUT2D eigenvalue weighted by Gasteiger charge is -2.16. The minimum atomic E-state index is -3.86. The van der Waals surface area contributed by atoms with E-state index in [4.69, 9.17) is 4.74 Å². The molecule has 2 N–H and O–H groups in total. The minimum Gasteiger partial charge on any atom is -0.495 e. The molecule has 0 aliphatic rings. The maximum absolute atomic E-state index is 12.7. The van der Waals surface area contributed by atoms with Gasteiger partial charge in [-0.05, 0) is 56.0 Å². The maximum atomic E-state index is 12.7. The summed E-state index contributed by atoms with van der Waals surface area (Å²) in [6, 6.07) is 12.8. The van der Waals surface area contributed by atoms with Crippen molar-refractivity contribution < 1.29 is 17.9 Å². The molecule has 2 aromatic carbocycles. The second-order valence-electron chi connectivity index (χ2n) is 7.18. The smallest absolute Gasteiger partial charge is 0.262 e. The van der Waals surface area contributed by atoms with Crippen LogP contribution in [0.15, 0.2) is 53.4 Å². The van der Waals surface area contributed by atoms with Crippen LogP contribution in [0, 0.1) is 5.92 Å². The average Bonchev–Trinajstić information content (AvgIpc) is 2.66. The van der Waals surface area contributed by atoms with Crippen LogP contribution in [0.4, 0.5) is 5.69 Å². The van der Waals surface area contributed by atoms with E-state index >= 15 is 0 Å². The average molecular weight is 405 g/mol. The number of amides is 1. The van der Waals surface area contributed by atoms with E-state index in [1.165, 1.54) is 19.2 Å². The summed E-state index contributed by atoms with van der Waals surface area (Å²) in [6.07, 6.45) is 1.88. The quantitative estimate of drug-likeness (QED) is 0.660. The first-order chi connectivity index (χ1) is 13.2. The van der Waals surface area contributed by atoms with Crippen molar-refractivity contribution >= 4 is 21.6 Å². The molecule has 0 aliphatic heterocycles. The molecule has 28 heavy (non-hydrogen) atoms. The van der Waals surface area contributed by atoms with E-state index in [2.05, 4.69) is 23.9 Å². The Balaban J connectivity index is 2.16. The monoisotopic (exact) mass is 404 g/mol. The lowest BCUT2D eigenvalue weighted by Crippen LogP contribution is -2.32. The minimum absolute atomic E-state index is 0.0147. The van der Waals surface area contributed by atoms with Crippen LogP contribution in [0.1, 0.15) is 44.0 Å². The van der Waals surface area contributed by atoms with Crippen LogP contribution in [0.3, 0.4) is 0 Å². The summed E-state index contributed by atoms with van der Waals surface area (Å²) in [5.74, 6) is 0.693. The Morgan fingerprint density at radius 1 is 1.04 bits per heavy atom. The molecule has 1 atom stereocenters. The predicted molar refractivity (Wildman–Crippen MR) is 111 cm³/mol. The van der Waals surface area contributed by atoms with E-state index in [1.54, 1.807) is 36.4 Å². The molecule has 0 aliphatic carbocycles. The Hall–Kier alpha value is -2.54. The SMILES string of the molecule is COc1ccccc1NS(=O)(=O)c1cccc(C(=O)NC(C)CCC(C)C)c1. The first-order valence-corrected chi connectivity index (χ1v) is 10.8. The summed E-state index contributed by atoms with van der Waals surface area (Å²) in [5.41, 5.74) is 0.640. The van der Waals surface area contributed by atoms with Crippen LogP contribution in [-0.2, 0) is 10.0 Å². The van der Waals surface area contributed by atoms with Gasteiger partial charge >= 0.3 is 0 Å². The Labute approximate surface area is 167 Å². The van der Waals surface area contributed by atoms with Gasteiger partial charge in [0.25, 0.3) is 15.9 Å². The zero-order valence-electron chi connectivity index (χ0n) is 16.7. The van der Waals surface area contributed by atoms with E-state index in [0.29, 0.717) is 22.9 Å². The van der Waals surface area contributed by atoms with Gasteiger partial charge in [0.15, 0.2) is 0 Å². The van der Waals surface area contributed by atoms with Crippen molar-refractivity contribution in [1.29, 1.82) is 0 Å². The summed E-state index contributed by atoms with van der Waals surface area (Å²) in [7, 11) is -2.39. The fourth-order valence-corrected chi connectivity index (χ4v) is 3.82. The zero-order valence-corrected chi connectivity index (χ0v) is 17.5. The number of ether oxygens (including phenoxy) is 1. The second-order valence-corrected chi connectivity index (χ2v) is 8.86. The highest BCUT2D eigenvalue weighted by Crippen LogP contribution is 2.26. The largest absolute Gasteiger partial charge is 0.495 e. The highest BCUT2D eigenvalue weighted by Gasteiger charge is 2.19. The van der Waals surface area contributed by atoms with Crippen LogP contribution >= 0.6 is 0 Å². The number of anilines is 1. The van der Waals surface area contributed by atoms with Gasteiger partial charge in [-0.2, -0.15) is 0 Å². The summed E-state index contributed by atoms with van der Waals surface area (Å²) in [5, 5.41) is 2.92. The zero-order chi connectivity index (χ0) is 20.7. The fraction of sp³-hybridized carbons (Fsp3) is 0.381. The molecular formula is C21H28N2O4S. The van der Waals surface area contributed by atoms with Gasteiger partial charge in [-0.1, -0.05) is 32.0 Å².